The number of nitrogens with one attached hydrogen (secondary N) is 1. The molecule has 0 saturated carbocycles. The summed E-state index contributed by atoms with van der Waals surface area (Å²) in [6.45, 7) is 1.46. The standard InChI is InChI=1S/C47H44N2O5S/c1-49(30-43-41-18-10-8-14-38(41)28-39-15-9-11-19-42(39)43)31-44-45(35-12-4-2-5-13-35)46(36-24-22-34(32-50)23-25-36)54-47(53-44)37-26-20-33(21-27-37)29-48-55(51,52)40-16-6-3-7-17-40/h2-28,44-48,50H,29-32H2,1H3/t44-,45-,46+,47?/m1/s1. The molecule has 1 aliphatic rings. The molecule has 0 radical (unpaired) electrons. The van der Waals surface area contributed by atoms with Crippen molar-refractivity contribution in [3.63, 3.8) is 0 Å². The SMILES string of the molecule is CN(Cc1c2ccccc2cc2ccccc12)C[C@H]1OC(c2ccc(CNS(=O)(=O)c3ccccc3)cc2)O[C@@H](c2ccc(CO)cc2)[C@@H]1c1ccccc1. The summed E-state index contributed by atoms with van der Waals surface area (Å²) in [7, 11) is -1.49. The highest BCUT2D eigenvalue weighted by Crippen LogP contribution is 2.47. The first-order valence-electron chi connectivity index (χ1n) is 18.6. The van der Waals surface area contributed by atoms with Gasteiger partial charge in [0.15, 0.2) is 6.29 Å². The van der Waals surface area contributed by atoms with Gasteiger partial charge in [-0.2, -0.15) is 0 Å². The Bertz CT molecular complexity index is 2420. The lowest BCUT2D eigenvalue weighted by molar-refractivity contribution is -0.263. The maximum absolute atomic E-state index is 12.9. The zero-order chi connectivity index (χ0) is 37.8. The summed E-state index contributed by atoms with van der Waals surface area (Å²) < 4.78 is 42.4. The first-order chi connectivity index (χ1) is 26.9. The number of ether oxygens (including phenoxy) is 2. The zero-order valence-corrected chi connectivity index (χ0v) is 31.5. The maximum atomic E-state index is 12.9. The number of benzene rings is 7. The first kappa shape index (κ1) is 36.8. The molecule has 1 aliphatic heterocycles. The highest BCUT2D eigenvalue weighted by atomic mass is 32.2. The lowest BCUT2D eigenvalue weighted by atomic mass is 9.83. The summed E-state index contributed by atoms with van der Waals surface area (Å²) in [6, 6.07) is 53.9. The summed E-state index contributed by atoms with van der Waals surface area (Å²) in [5, 5.41) is 14.7. The second kappa shape index (κ2) is 16.3. The number of aliphatic hydroxyl groups is 1. The number of likely N-dealkylation sites (N-methyl/N-ethyl adjacent to an activating group) is 1. The monoisotopic (exact) mass is 748 g/mol. The molecule has 0 spiro atoms. The van der Waals surface area contributed by atoms with Crippen LogP contribution in [0.1, 0.15) is 51.7 Å². The summed E-state index contributed by atoms with van der Waals surface area (Å²) in [5.41, 5.74) is 5.89. The van der Waals surface area contributed by atoms with Crippen LogP contribution in [0.2, 0.25) is 0 Å². The van der Waals surface area contributed by atoms with Gasteiger partial charge in [-0.15, -0.1) is 0 Å². The molecule has 7 aromatic carbocycles. The van der Waals surface area contributed by atoms with E-state index in [0.717, 1.165) is 34.4 Å². The first-order valence-corrected chi connectivity index (χ1v) is 20.1. The summed E-state index contributed by atoms with van der Waals surface area (Å²) in [5.74, 6) is -0.143. The Balaban J connectivity index is 1.11. The van der Waals surface area contributed by atoms with E-state index in [-0.39, 0.29) is 36.2 Å². The Hall–Kier alpha value is -5.19. The van der Waals surface area contributed by atoms with Gasteiger partial charge in [0, 0.05) is 31.1 Å². The van der Waals surface area contributed by atoms with Crippen LogP contribution < -0.4 is 4.72 Å². The second-order valence-electron chi connectivity index (χ2n) is 14.3. The Morgan fingerprint density at radius 3 is 1.84 bits per heavy atom. The normalized spacial score (nSPS) is 18.9. The number of nitrogens with zero attached hydrogens (tertiary/aromatic N) is 1. The minimum absolute atomic E-state index is 0.0379. The molecular weight excluding hydrogens is 705 g/mol. The number of sulfonamides is 1. The summed E-state index contributed by atoms with van der Waals surface area (Å²) >= 11 is 0. The van der Waals surface area contributed by atoms with Crippen LogP contribution in [0, 0.1) is 0 Å². The highest BCUT2D eigenvalue weighted by Gasteiger charge is 2.42. The van der Waals surface area contributed by atoms with Gasteiger partial charge in [0.1, 0.15) is 0 Å². The van der Waals surface area contributed by atoms with Gasteiger partial charge in [0.05, 0.1) is 23.7 Å². The van der Waals surface area contributed by atoms with Crippen molar-refractivity contribution in [3.8, 4) is 0 Å². The van der Waals surface area contributed by atoms with Crippen LogP contribution in [-0.4, -0.2) is 38.1 Å². The van der Waals surface area contributed by atoms with E-state index in [2.05, 4.69) is 95.5 Å². The molecule has 0 aromatic heterocycles. The predicted molar refractivity (Wildman–Crippen MR) is 218 cm³/mol. The van der Waals surface area contributed by atoms with E-state index in [1.54, 1.807) is 30.3 Å². The van der Waals surface area contributed by atoms with Crippen LogP contribution in [-0.2, 0) is 39.2 Å². The van der Waals surface area contributed by atoms with E-state index in [1.807, 2.05) is 54.6 Å². The van der Waals surface area contributed by atoms with E-state index < -0.39 is 16.3 Å². The van der Waals surface area contributed by atoms with E-state index in [9.17, 15) is 13.5 Å². The van der Waals surface area contributed by atoms with Crippen LogP contribution in [0.4, 0.5) is 0 Å². The van der Waals surface area contributed by atoms with Crippen molar-refractivity contribution in [1.29, 1.82) is 0 Å². The number of hydrogen-bond donors (Lipinski definition) is 2. The van der Waals surface area contributed by atoms with Crippen LogP contribution in [0.5, 0.6) is 0 Å². The maximum Gasteiger partial charge on any atom is 0.240 e. The Labute approximate surface area is 322 Å². The van der Waals surface area contributed by atoms with Gasteiger partial charge < -0.3 is 14.6 Å². The van der Waals surface area contributed by atoms with Crippen molar-refractivity contribution in [2.45, 2.75) is 49.0 Å². The molecule has 4 atom stereocenters. The topological polar surface area (TPSA) is 88.1 Å². The lowest BCUT2D eigenvalue weighted by Crippen LogP contribution is -2.43. The molecule has 2 N–H and O–H groups in total. The van der Waals surface area contributed by atoms with E-state index >= 15 is 0 Å². The molecule has 55 heavy (non-hydrogen) atoms. The van der Waals surface area contributed by atoms with E-state index in [4.69, 9.17) is 9.47 Å². The van der Waals surface area contributed by atoms with Crippen molar-refractivity contribution in [3.05, 3.63) is 197 Å². The molecule has 0 aliphatic carbocycles. The largest absolute Gasteiger partial charge is 0.392 e. The third kappa shape index (κ3) is 8.11. The average molecular weight is 749 g/mol. The van der Waals surface area contributed by atoms with E-state index in [1.165, 1.54) is 27.1 Å². The highest BCUT2D eigenvalue weighted by molar-refractivity contribution is 7.89. The fourth-order valence-electron chi connectivity index (χ4n) is 7.74. The van der Waals surface area contributed by atoms with Gasteiger partial charge in [-0.05, 0) is 74.6 Å². The Morgan fingerprint density at radius 2 is 1.20 bits per heavy atom. The quantitative estimate of drug-likeness (QED) is 0.121. The summed E-state index contributed by atoms with van der Waals surface area (Å²) in [4.78, 5) is 2.58. The van der Waals surface area contributed by atoms with Gasteiger partial charge in [-0.3, -0.25) is 4.90 Å². The van der Waals surface area contributed by atoms with Crippen LogP contribution >= 0.6 is 0 Å². The fourth-order valence-corrected chi connectivity index (χ4v) is 8.78. The molecule has 0 amide bonds. The van der Waals surface area contributed by atoms with Crippen molar-refractivity contribution in [2.75, 3.05) is 13.6 Å². The predicted octanol–water partition coefficient (Wildman–Crippen LogP) is 9.03. The number of aliphatic hydroxyl groups excluding tert-OH is 1. The Kier molecular flexibility index (Phi) is 10.9. The molecule has 7 nitrogen and oxygen atoms in total. The van der Waals surface area contributed by atoms with Gasteiger partial charge in [0.2, 0.25) is 10.0 Å². The van der Waals surface area contributed by atoms with Gasteiger partial charge in [-0.25, -0.2) is 13.1 Å². The molecule has 1 saturated heterocycles. The molecule has 8 rings (SSSR count). The smallest absolute Gasteiger partial charge is 0.240 e. The van der Waals surface area contributed by atoms with Crippen molar-refractivity contribution < 1.29 is 23.0 Å². The number of rotatable bonds is 12. The molecule has 1 heterocycles. The third-order valence-electron chi connectivity index (χ3n) is 10.5. The van der Waals surface area contributed by atoms with Crippen molar-refractivity contribution in [1.82, 2.24) is 9.62 Å². The van der Waals surface area contributed by atoms with E-state index in [0.29, 0.717) is 6.54 Å². The number of hydrogen-bond acceptors (Lipinski definition) is 6. The molecule has 278 valence electrons. The second-order valence-corrected chi connectivity index (χ2v) is 16.0. The minimum Gasteiger partial charge on any atom is -0.392 e. The molecule has 7 aromatic rings. The third-order valence-corrected chi connectivity index (χ3v) is 12.0. The lowest BCUT2D eigenvalue weighted by Gasteiger charge is -2.44. The molecular formula is C47H44N2O5S. The van der Waals surface area contributed by atoms with Crippen LogP contribution in [0.15, 0.2) is 169 Å². The summed E-state index contributed by atoms with van der Waals surface area (Å²) in [6.07, 6.45) is -1.32. The number of fused-ring (bicyclic) bond motifs is 2. The van der Waals surface area contributed by atoms with Crippen LogP contribution in [0.3, 0.4) is 0 Å². The molecule has 1 fully saturated rings. The van der Waals surface area contributed by atoms with Gasteiger partial charge in [-0.1, -0.05) is 146 Å². The van der Waals surface area contributed by atoms with Gasteiger partial charge in [0.25, 0.3) is 0 Å². The molecule has 1 unspecified atom stereocenters. The zero-order valence-electron chi connectivity index (χ0n) is 30.7. The van der Waals surface area contributed by atoms with Crippen LogP contribution in [0.25, 0.3) is 21.5 Å². The fraction of sp³-hybridized carbons (Fsp3) is 0.191. The van der Waals surface area contributed by atoms with Gasteiger partial charge >= 0.3 is 0 Å². The van der Waals surface area contributed by atoms with Crippen molar-refractivity contribution >= 4 is 31.6 Å². The average Bonchev–Trinajstić information content (AvgIpc) is 3.23. The minimum atomic E-state index is -3.65. The Morgan fingerprint density at radius 1 is 0.636 bits per heavy atom. The van der Waals surface area contributed by atoms with Crippen molar-refractivity contribution in [2.24, 2.45) is 0 Å². The molecule has 0 bridgehead atoms. The molecule has 8 heteroatoms.